The van der Waals surface area contributed by atoms with Crippen LogP contribution in [0.5, 0.6) is 5.75 Å². The monoisotopic (exact) mass is 276 g/mol. The highest BCUT2D eigenvalue weighted by Gasteiger charge is 2.17. The summed E-state index contributed by atoms with van der Waals surface area (Å²) in [6.07, 6.45) is 4.58. The van der Waals surface area contributed by atoms with Crippen molar-refractivity contribution in [3.63, 3.8) is 0 Å². The lowest BCUT2D eigenvalue weighted by molar-refractivity contribution is -0.123. The van der Waals surface area contributed by atoms with Crippen LogP contribution < -0.4 is 15.8 Å². The Hall–Kier alpha value is -1.55. The van der Waals surface area contributed by atoms with Crippen LogP contribution in [0.1, 0.15) is 49.8 Å². The summed E-state index contributed by atoms with van der Waals surface area (Å²) in [4.78, 5) is 11.9. The Morgan fingerprint density at radius 2 is 2.15 bits per heavy atom. The summed E-state index contributed by atoms with van der Waals surface area (Å²) in [5.41, 5.74) is 7.95. The molecule has 0 unspecified atom stereocenters. The summed E-state index contributed by atoms with van der Waals surface area (Å²) < 4.78 is 5.66. The largest absolute Gasteiger partial charge is 0.483 e. The lowest BCUT2D eigenvalue weighted by atomic mass is 10.1. The number of ether oxygens (including phenoxy) is 1. The maximum Gasteiger partial charge on any atom is 0.258 e. The lowest BCUT2D eigenvalue weighted by Gasteiger charge is -2.16. The minimum Gasteiger partial charge on any atom is -0.483 e. The van der Waals surface area contributed by atoms with Crippen LogP contribution in [0.3, 0.4) is 0 Å². The molecule has 1 aromatic rings. The molecule has 0 spiro atoms. The molecule has 4 nitrogen and oxygen atoms in total. The van der Waals surface area contributed by atoms with E-state index in [9.17, 15) is 4.79 Å². The number of hydrogen-bond donors (Lipinski definition) is 2. The van der Waals surface area contributed by atoms with Crippen molar-refractivity contribution in [3.8, 4) is 5.75 Å². The van der Waals surface area contributed by atoms with Gasteiger partial charge in [0.2, 0.25) is 0 Å². The zero-order valence-corrected chi connectivity index (χ0v) is 12.3. The van der Waals surface area contributed by atoms with Crippen LogP contribution in [0.2, 0.25) is 0 Å². The molecule has 20 heavy (non-hydrogen) atoms. The van der Waals surface area contributed by atoms with Gasteiger partial charge in [-0.2, -0.15) is 0 Å². The smallest absolute Gasteiger partial charge is 0.258 e. The molecule has 1 amide bonds. The molecule has 0 radical (unpaired) electrons. The second-order valence-electron chi connectivity index (χ2n) is 5.67. The minimum atomic E-state index is -0.108. The standard InChI is InChI=1S/C16H24N2O2/c1-11-7-8-14(12(2)17)15(9-11)20-10-16(19)18-13-5-3-4-6-13/h7-9,12-13H,3-6,10,17H2,1-2H3,(H,18,19)/t12-/m0/s1. The van der Waals surface area contributed by atoms with E-state index in [1.54, 1.807) is 0 Å². The van der Waals surface area contributed by atoms with Crippen molar-refractivity contribution in [2.24, 2.45) is 5.73 Å². The number of benzene rings is 1. The van der Waals surface area contributed by atoms with E-state index in [1.165, 1.54) is 12.8 Å². The number of amides is 1. The first kappa shape index (κ1) is 14.9. The molecule has 0 saturated heterocycles. The van der Waals surface area contributed by atoms with Crippen molar-refractivity contribution in [3.05, 3.63) is 29.3 Å². The highest BCUT2D eigenvalue weighted by Crippen LogP contribution is 2.25. The fourth-order valence-electron chi connectivity index (χ4n) is 2.63. The number of nitrogens with two attached hydrogens (primary N) is 1. The van der Waals surface area contributed by atoms with Gasteiger partial charge in [-0.3, -0.25) is 4.79 Å². The van der Waals surface area contributed by atoms with E-state index < -0.39 is 0 Å². The first-order chi connectivity index (χ1) is 9.56. The molecule has 2 rings (SSSR count). The van der Waals surface area contributed by atoms with Crippen LogP contribution in [0.15, 0.2) is 18.2 Å². The van der Waals surface area contributed by atoms with Gasteiger partial charge < -0.3 is 15.8 Å². The van der Waals surface area contributed by atoms with Gasteiger partial charge in [-0.25, -0.2) is 0 Å². The third-order valence-corrected chi connectivity index (χ3v) is 3.74. The molecule has 110 valence electrons. The third kappa shape index (κ3) is 3.97. The predicted molar refractivity (Wildman–Crippen MR) is 79.7 cm³/mol. The first-order valence-electron chi connectivity index (χ1n) is 7.34. The Bertz CT molecular complexity index is 466. The molecular weight excluding hydrogens is 252 g/mol. The Labute approximate surface area is 120 Å². The Kier molecular flexibility index (Phi) is 5.01. The highest BCUT2D eigenvalue weighted by atomic mass is 16.5. The average Bonchev–Trinajstić information content (AvgIpc) is 2.89. The van der Waals surface area contributed by atoms with Gasteiger partial charge in [-0.15, -0.1) is 0 Å². The van der Waals surface area contributed by atoms with E-state index in [-0.39, 0.29) is 18.6 Å². The van der Waals surface area contributed by atoms with Crippen molar-refractivity contribution in [1.82, 2.24) is 5.32 Å². The molecule has 0 heterocycles. The molecule has 1 aromatic carbocycles. The SMILES string of the molecule is Cc1ccc([C@H](C)N)c(OCC(=O)NC2CCCC2)c1. The highest BCUT2D eigenvalue weighted by molar-refractivity contribution is 5.77. The van der Waals surface area contributed by atoms with Crippen LogP contribution in [-0.4, -0.2) is 18.6 Å². The first-order valence-corrected chi connectivity index (χ1v) is 7.34. The minimum absolute atomic E-state index is 0.0472. The van der Waals surface area contributed by atoms with Crippen LogP contribution in [0.25, 0.3) is 0 Å². The van der Waals surface area contributed by atoms with Crippen molar-refractivity contribution in [2.45, 2.75) is 51.6 Å². The van der Waals surface area contributed by atoms with E-state index in [0.717, 1.165) is 24.0 Å². The second kappa shape index (κ2) is 6.75. The molecule has 1 saturated carbocycles. The summed E-state index contributed by atoms with van der Waals surface area (Å²) in [5, 5.41) is 3.02. The van der Waals surface area contributed by atoms with E-state index in [0.29, 0.717) is 11.8 Å². The summed E-state index contributed by atoms with van der Waals surface area (Å²) in [7, 11) is 0. The van der Waals surface area contributed by atoms with Crippen molar-refractivity contribution >= 4 is 5.91 Å². The fraction of sp³-hybridized carbons (Fsp3) is 0.562. The number of hydrogen-bond acceptors (Lipinski definition) is 3. The van der Waals surface area contributed by atoms with Crippen LogP contribution in [-0.2, 0) is 4.79 Å². The number of carbonyl (C=O) groups is 1. The topological polar surface area (TPSA) is 64.3 Å². The summed E-state index contributed by atoms with van der Waals surface area (Å²) in [6.45, 7) is 3.96. The van der Waals surface area contributed by atoms with E-state index >= 15 is 0 Å². The Balaban J connectivity index is 1.92. The molecular formula is C16H24N2O2. The number of nitrogens with one attached hydrogen (secondary N) is 1. The summed E-state index contributed by atoms with van der Waals surface area (Å²) >= 11 is 0. The van der Waals surface area contributed by atoms with Crippen LogP contribution in [0.4, 0.5) is 0 Å². The van der Waals surface area contributed by atoms with Crippen molar-refractivity contribution < 1.29 is 9.53 Å². The van der Waals surface area contributed by atoms with Crippen molar-refractivity contribution in [2.75, 3.05) is 6.61 Å². The van der Waals surface area contributed by atoms with Gasteiger partial charge in [-0.1, -0.05) is 25.0 Å². The maximum absolute atomic E-state index is 11.9. The quantitative estimate of drug-likeness (QED) is 0.868. The molecule has 0 bridgehead atoms. The Morgan fingerprint density at radius 3 is 2.80 bits per heavy atom. The normalized spacial score (nSPS) is 16.9. The lowest BCUT2D eigenvalue weighted by Crippen LogP contribution is -2.36. The van der Waals surface area contributed by atoms with Gasteiger partial charge in [-0.05, 0) is 38.3 Å². The molecule has 1 aliphatic rings. The molecule has 1 fully saturated rings. The van der Waals surface area contributed by atoms with Crippen LogP contribution >= 0.6 is 0 Å². The van der Waals surface area contributed by atoms with Gasteiger partial charge >= 0.3 is 0 Å². The van der Waals surface area contributed by atoms with Gasteiger partial charge in [0.05, 0.1) is 0 Å². The number of carbonyl (C=O) groups excluding carboxylic acids is 1. The molecule has 3 N–H and O–H groups in total. The van der Waals surface area contributed by atoms with E-state index in [2.05, 4.69) is 5.32 Å². The fourth-order valence-corrected chi connectivity index (χ4v) is 2.63. The average molecular weight is 276 g/mol. The molecule has 1 atom stereocenters. The van der Waals surface area contributed by atoms with Crippen molar-refractivity contribution in [1.29, 1.82) is 0 Å². The molecule has 4 heteroatoms. The van der Waals surface area contributed by atoms with Crippen LogP contribution in [0, 0.1) is 6.92 Å². The summed E-state index contributed by atoms with van der Waals surface area (Å²) in [6, 6.07) is 6.12. The van der Waals surface area contributed by atoms with Gasteiger partial charge in [0.1, 0.15) is 5.75 Å². The van der Waals surface area contributed by atoms with Gasteiger partial charge in [0, 0.05) is 17.6 Å². The van der Waals surface area contributed by atoms with E-state index in [1.807, 2.05) is 32.0 Å². The molecule has 0 aromatic heterocycles. The number of aryl methyl sites for hydroxylation is 1. The van der Waals surface area contributed by atoms with Gasteiger partial charge in [0.15, 0.2) is 6.61 Å². The second-order valence-corrected chi connectivity index (χ2v) is 5.67. The number of rotatable bonds is 5. The zero-order valence-electron chi connectivity index (χ0n) is 12.3. The molecule has 0 aliphatic heterocycles. The zero-order chi connectivity index (χ0) is 14.5. The molecule has 1 aliphatic carbocycles. The summed E-state index contributed by atoms with van der Waals surface area (Å²) in [5.74, 6) is 0.663. The van der Waals surface area contributed by atoms with Gasteiger partial charge in [0.25, 0.3) is 5.91 Å². The maximum atomic E-state index is 11.9. The predicted octanol–water partition coefficient (Wildman–Crippen LogP) is 2.45. The van der Waals surface area contributed by atoms with E-state index in [4.69, 9.17) is 10.5 Å². The Morgan fingerprint density at radius 1 is 1.45 bits per heavy atom. The third-order valence-electron chi connectivity index (χ3n) is 3.74.